The maximum Gasteiger partial charge on any atom is 0.410 e. The first-order valence-corrected chi connectivity index (χ1v) is 6.88. The molecule has 0 spiro atoms. The van der Waals surface area contributed by atoms with E-state index < -0.39 is 5.82 Å². The van der Waals surface area contributed by atoms with Crippen LogP contribution >= 0.6 is 23.2 Å². The Kier molecular flexibility index (Phi) is 4.88. The van der Waals surface area contributed by atoms with Crippen LogP contribution < -0.4 is 0 Å². The van der Waals surface area contributed by atoms with E-state index in [0.717, 1.165) is 32.4 Å². The third-order valence-electron chi connectivity index (χ3n) is 3.02. The second-order valence-electron chi connectivity index (χ2n) is 4.48. The highest BCUT2D eigenvalue weighted by Gasteiger charge is 2.18. The molecule has 19 heavy (non-hydrogen) atoms. The van der Waals surface area contributed by atoms with Crippen molar-refractivity contribution in [2.45, 2.75) is 25.9 Å². The van der Waals surface area contributed by atoms with Crippen LogP contribution in [-0.2, 0) is 11.3 Å². The number of carbonyl (C=O) groups excluding carboxylic acids is 1. The second-order valence-corrected chi connectivity index (χ2v) is 5.29. The summed E-state index contributed by atoms with van der Waals surface area (Å²) in [7, 11) is 0. The monoisotopic (exact) mass is 305 g/mol. The fourth-order valence-electron chi connectivity index (χ4n) is 2.00. The number of piperidine rings is 1. The Morgan fingerprint density at radius 3 is 2.37 bits per heavy atom. The van der Waals surface area contributed by atoms with E-state index in [1.807, 2.05) is 0 Å². The van der Waals surface area contributed by atoms with Crippen LogP contribution in [0, 0.1) is 5.82 Å². The average Bonchev–Trinajstić information content (AvgIpc) is 2.43. The van der Waals surface area contributed by atoms with E-state index in [0.29, 0.717) is 5.56 Å². The van der Waals surface area contributed by atoms with Crippen molar-refractivity contribution < 1.29 is 13.9 Å². The molecular weight excluding hydrogens is 292 g/mol. The number of benzene rings is 1. The predicted molar refractivity (Wildman–Crippen MR) is 72.0 cm³/mol. The Morgan fingerprint density at radius 1 is 1.21 bits per heavy atom. The van der Waals surface area contributed by atoms with E-state index in [4.69, 9.17) is 27.9 Å². The lowest BCUT2D eigenvalue weighted by Crippen LogP contribution is -2.35. The molecule has 0 aliphatic carbocycles. The van der Waals surface area contributed by atoms with Crippen LogP contribution in [-0.4, -0.2) is 24.1 Å². The summed E-state index contributed by atoms with van der Waals surface area (Å²) in [5.41, 5.74) is 0.571. The van der Waals surface area contributed by atoms with E-state index in [2.05, 4.69) is 0 Å². The van der Waals surface area contributed by atoms with Crippen molar-refractivity contribution in [2.24, 2.45) is 0 Å². The Hall–Kier alpha value is -1.00. The molecule has 0 bridgehead atoms. The van der Waals surface area contributed by atoms with Gasteiger partial charge in [0.2, 0.25) is 0 Å². The van der Waals surface area contributed by atoms with Crippen LogP contribution in [0.4, 0.5) is 9.18 Å². The number of hydrogen-bond acceptors (Lipinski definition) is 2. The molecule has 0 unspecified atom stereocenters. The molecule has 1 heterocycles. The molecule has 0 radical (unpaired) electrons. The van der Waals surface area contributed by atoms with Crippen LogP contribution in [0.2, 0.25) is 10.0 Å². The van der Waals surface area contributed by atoms with Crippen LogP contribution in [0.15, 0.2) is 12.1 Å². The summed E-state index contributed by atoms with van der Waals surface area (Å²) >= 11 is 11.3. The predicted octanol–water partition coefficient (Wildman–Crippen LogP) is 4.26. The van der Waals surface area contributed by atoms with Gasteiger partial charge < -0.3 is 9.64 Å². The van der Waals surface area contributed by atoms with E-state index in [-0.39, 0.29) is 22.7 Å². The molecule has 1 aliphatic heterocycles. The summed E-state index contributed by atoms with van der Waals surface area (Å²) in [6.45, 7) is 1.49. The lowest BCUT2D eigenvalue weighted by Gasteiger charge is -2.25. The van der Waals surface area contributed by atoms with Crippen LogP contribution in [0.5, 0.6) is 0 Å². The first-order chi connectivity index (χ1) is 9.08. The molecule has 1 aliphatic rings. The highest BCUT2D eigenvalue weighted by Crippen LogP contribution is 2.25. The Labute approximate surface area is 121 Å². The van der Waals surface area contributed by atoms with Gasteiger partial charge in [0.05, 0.1) is 10.0 Å². The normalized spacial score (nSPS) is 15.4. The highest BCUT2D eigenvalue weighted by atomic mass is 35.5. The highest BCUT2D eigenvalue weighted by molar-refractivity contribution is 6.34. The minimum Gasteiger partial charge on any atom is -0.445 e. The number of carbonyl (C=O) groups is 1. The molecule has 6 heteroatoms. The lowest BCUT2D eigenvalue weighted by molar-refractivity contribution is 0.0894. The van der Waals surface area contributed by atoms with E-state index in [1.165, 1.54) is 12.1 Å². The summed E-state index contributed by atoms with van der Waals surface area (Å²) in [6.07, 6.45) is 2.80. The quantitative estimate of drug-likeness (QED) is 0.764. The van der Waals surface area contributed by atoms with Crippen molar-refractivity contribution in [3.63, 3.8) is 0 Å². The van der Waals surface area contributed by atoms with Gasteiger partial charge in [-0.25, -0.2) is 9.18 Å². The Morgan fingerprint density at radius 2 is 1.79 bits per heavy atom. The Balaban J connectivity index is 1.93. The molecule has 1 amide bonds. The molecular formula is C13H14Cl2FNO2. The average molecular weight is 306 g/mol. The molecule has 0 aromatic heterocycles. The number of hydrogen-bond donors (Lipinski definition) is 0. The van der Waals surface area contributed by atoms with Gasteiger partial charge in [0.1, 0.15) is 6.61 Å². The minimum atomic E-state index is -0.658. The molecule has 2 rings (SSSR count). The zero-order valence-corrected chi connectivity index (χ0v) is 11.8. The van der Waals surface area contributed by atoms with Crippen LogP contribution in [0.1, 0.15) is 24.8 Å². The van der Waals surface area contributed by atoms with Crippen LogP contribution in [0.25, 0.3) is 0 Å². The van der Waals surface area contributed by atoms with Gasteiger partial charge in [0.15, 0.2) is 5.82 Å². The van der Waals surface area contributed by atoms with Crippen molar-refractivity contribution in [1.82, 2.24) is 4.90 Å². The van der Waals surface area contributed by atoms with E-state index in [9.17, 15) is 9.18 Å². The van der Waals surface area contributed by atoms with Gasteiger partial charge in [-0.3, -0.25) is 0 Å². The van der Waals surface area contributed by atoms with Gasteiger partial charge in [-0.1, -0.05) is 23.2 Å². The summed E-state index contributed by atoms with van der Waals surface area (Å²) in [5, 5.41) is -0.145. The van der Waals surface area contributed by atoms with Gasteiger partial charge in [-0.05, 0) is 37.0 Å². The summed E-state index contributed by atoms with van der Waals surface area (Å²) in [4.78, 5) is 13.4. The molecule has 3 nitrogen and oxygen atoms in total. The van der Waals surface area contributed by atoms with Gasteiger partial charge >= 0.3 is 6.09 Å². The number of ether oxygens (including phenoxy) is 1. The molecule has 1 saturated heterocycles. The van der Waals surface area contributed by atoms with Gasteiger partial charge in [-0.15, -0.1) is 0 Å². The standard InChI is InChI=1S/C13H14Cl2FNO2/c14-10-6-9(7-11(15)12(10)16)8-19-13(18)17-4-2-1-3-5-17/h6-7H,1-5,8H2. The fraction of sp³-hybridized carbons (Fsp3) is 0.462. The zero-order chi connectivity index (χ0) is 13.8. The summed E-state index contributed by atoms with van der Waals surface area (Å²) < 4.78 is 18.4. The third-order valence-corrected chi connectivity index (χ3v) is 3.57. The molecule has 0 saturated carbocycles. The maximum absolute atomic E-state index is 13.2. The van der Waals surface area contributed by atoms with Crippen molar-refractivity contribution in [3.05, 3.63) is 33.6 Å². The topological polar surface area (TPSA) is 29.5 Å². The lowest BCUT2D eigenvalue weighted by atomic mass is 10.1. The number of nitrogens with zero attached hydrogens (tertiary/aromatic N) is 1. The van der Waals surface area contributed by atoms with Crippen molar-refractivity contribution in [1.29, 1.82) is 0 Å². The van der Waals surface area contributed by atoms with Crippen molar-refractivity contribution in [2.75, 3.05) is 13.1 Å². The Bertz CT molecular complexity index is 453. The van der Waals surface area contributed by atoms with Crippen LogP contribution in [0.3, 0.4) is 0 Å². The zero-order valence-electron chi connectivity index (χ0n) is 10.3. The maximum atomic E-state index is 13.2. The number of likely N-dealkylation sites (tertiary alicyclic amines) is 1. The van der Waals surface area contributed by atoms with Gasteiger partial charge in [0.25, 0.3) is 0 Å². The molecule has 1 aromatic carbocycles. The summed E-state index contributed by atoms with van der Waals surface area (Å²) in [6, 6.07) is 2.82. The number of rotatable bonds is 2. The summed E-state index contributed by atoms with van der Waals surface area (Å²) in [5.74, 6) is -0.658. The third kappa shape index (κ3) is 3.74. The molecule has 0 N–H and O–H groups in total. The second kappa shape index (κ2) is 6.44. The van der Waals surface area contributed by atoms with Gasteiger partial charge in [0, 0.05) is 13.1 Å². The van der Waals surface area contributed by atoms with E-state index >= 15 is 0 Å². The molecule has 0 atom stereocenters. The number of amides is 1. The minimum absolute atomic E-state index is 0.0368. The smallest absolute Gasteiger partial charge is 0.410 e. The number of halogens is 3. The van der Waals surface area contributed by atoms with Crippen molar-refractivity contribution >= 4 is 29.3 Å². The van der Waals surface area contributed by atoms with E-state index in [1.54, 1.807) is 4.90 Å². The first kappa shape index (κ1) is 14.4. The molecule has 1 aromatic rings. The molecule has 104 valence electrons. The van der Waals surface area contributed by atoms with Crippen molar-refractivity contribution in [3.8, 4) is 0 Å². The first-order valence-electron chi connectivity index (χ1n) is 6.13. The molecule has 1 fully saturated rings. The SMILES string of the molecule is O=C(OCc1cc(Cl)c(F)c(Cl)c1)N1CCCCC1. The fourth-order valence-corrected chi connectivity index (χ4v) is 2.54. The van der Waals surface area contributed by atoms with Gasteiger partial charge in [-0.2, -0.15) is 0 Å². The largest absolute Gasteiger partial charge is 0.445 e.